The summed E-state index contributed by atoms with van der Waals surface area (Å²) >= 11 is 1.72. The molecule has 0 aliphatic heterocycles. The zero-order valence-electron chi connectivity index (χ0n) is 17.0. The number of guanidine groups is 1. The normalized spacial score (nSPS) is 11.4. The van der Waals surface area contributed by atoms with Gasteiger partial charge >= 0.3 is 0 Å². The van der Waals surface area contributed by atoms with Gasteiger partial charge in [0, 0.05) is 30.9 Å². The van der Waals surface area contributed by atoms with E-state index >= 15 is 0 Å². The minimum atomic E-state index is 0.669. The van der Waals surface area contributed by atoms with Crippen molar-refractivity contribution in [3.8, 4) is 5.75 Å². The maximum atomic E-state index is 5.22. The quantitative estimate of drug-likeness (QED) is 0.396. The van der Waals surface area contributed by atoms with E-state index in [-0.39, 0.29) is 0 Å². The summed E-state index contributed by atoms with van der Waals surface area (Å²) in [6, 6.07) is 12.3. The fraction of sp³-hybridized carbons (Fsp3) is 0.381. The molecule has 0 amide bonds. The van der Waals surface area contributed by atoms with Crippen LogP contribution in [-0.4, -0.2) is 40.9 Å². The average Bonchev–Trinajstić information content (AvgIpc) is 3.44. The van der Waals surface area contributed by atoms with Crippen LogP contribution in [0.4, 0.5) is 0 Å². The van der Waals surface area contributed by atoms with E-state index in [9.17, 15) is 0 Å². The molecular formula is C21H28N6OS. The lowest BCUT2D eigenvalue weighted by atomic mass is 10.1. The third-order valence-corrected chi connectivity index (χ3v) is 5.36. The summed E-state index contributed by atoms with van der Waals surface area (Å²) in [4.78, 5) is 5.97. The van der Waals surface area contributed by atoms with Gasteiger partial charge in [0.1, 0.15) is 17.9 Å². The lowest BCUT2D eigenvalue weighted by Crippen LogP contribution is -2.40. The van der Waals surface area contributed by atoms with Gasteiger partial charge in [-0.15, -0.1) is 21.5 Å². The lowest BCUT2D eigenvalue weighted by Gasteiger charge is -2.13. The van der Waals surface area contributed by atoms with Crippen LogP contribution in [-0.2, 0) is 25.9 Å². The van der Waals surface area contributed by atoms with E-state index in [4.69, 9.17) is 9.73 Å². The second-order valence-corrected chi connectivity index (χ2v) is 7.52. The third kappa shape index (κ3) is 6.60. The van der Waals surface area contributed by atoms with Crippen LogP contribution in [0, 0.1) is 0 Å². The minimum absolute atomic E-state index is 0.669. The first kappa shape index (κ1) is 20.9. The molecule has 0 aliphatic carbocycles. The van der Waals surface area contributed by atoms with Crippen LogP contribution >= 0.6 is 11.3 Å². The second-order valence-electron chi connectivity index (χ2n) is 6.49. The highest BCUT2D eigenvalue weighted by atomic mass is 32.1. The van der Waals surface area contributed by atoms with Gasteiger partial charge in [-0.05, 0) is 35.6 Å². The van der Waals surface area contributed by atoms with Crippen LogP contribution in [0.3, 0.4) is 0 Å². The molecule has 0 unspecified atom stereocenters. The summed E-state index contributed by atoms with van der Waals surface area (Å²) in [7, 11) is 1.68. The summed E-state index contributed by atoms with van der Waals surface area (Å²) in [6.07, 6.45) is 3.56. The highest BCUT2D eigenvalue weighted by molar-refractivity contribution is 7.09. The smallest absolute Gasteiger partial charge is 0.191 e. The summed E-state index contributed by atoms with van der Waals surface area (Å²) in [5.41, 5.74) is 1.26. The Kier molecular flexibility index (Phi) is 8.06. The molecule has 2 N–H and O–H groups in total. The molecular weight excluding hydrogens is 384 g/mol. The maximum Gasteiger partial charge on any atom is 0.191 e. The fourth-order valence-corrected chi connectivity index (χ4v) is 3.51. The van der Waals surface area contributed by atoms with Crippen molar-refractivity contribution in [1.82, 2.24) is 25.4 Å². The Labute approximate surface area is 175 Å². The molecule has 0 aliphatic rings. The van der Waals surface area contributed by atoms with E-state index in [1.165, 1.54) is 10.4 Å². The number of benzene rings is 1. The molecule has 0 saturated carbocycles. The Balaban J connectivity index is 1.52. The standard InChI is InChI=1S/C21H28N6OS/c1-3-20-26-25-16-27(20)13-12-23-21(24-15-19-5-4-14-29-19)22-11-10-17-6-8-18(28-2)9-7-17/h4-9,14,16H,3,10-13,15H2,1-2H3,(H2,22,23,24). The number of nitrogens with zero attached hydrogens (tertiary/aromatic N) is 4. The molecule has 0 atom stereocenters. The molecule has 0 fully saturated rings. The van der Waals surface area contributed by atoms with Gasteiger partial charge in [-0.1, -0.05) is 25.1 Å². The van der Waals surface area contributed by atoms with E-state index in [0.29, 0.717) is 6.54 Å². The van der Waals surface area contributed by atoms with Crippen molar-refractivity contribution in [1.29, 1.82) is 0 Å². The van der Waals surface area contributed by atoms with E-state index in [1.54, 1.807) is 24.8 Å². The zero-order valence-corrected chi connectivity index (χ0v) is 17.8. The number of aryl methyl sites for hydroxylation is 1. The first-order valence-electron chi connectivity index (χ1n) is 9.82. The predicted octanol–water partition coefficient (Wildman–Crippen LogP) is 2.89. The van der Waals surface area contributed by atoms with Gasteiger partial charge in [0.25, 0.3) is 0 Å². The van der Waals surface area contributed by atoms with Crippen LogP contribution in [0.1, 0.15) is 23.2 Å². The van der Waals surface area contributed by atoms with Crippen LogP contribution in [0.25, 0.3) is 0 Å². The van der Waals surface area contributed by atoms with Crippen molar-refractivity contribution in [3.05, 3.63) is 64.4 Å². The second kappa shape index (κ2) is 11.2. The van der Waals surface area contributed by atoms with E-state index in [0.717, 1.165) is 50.0 Å². The molecule has 0 spiro atoms. The van der Waals surface area contributed by atoms with Crippen molar-refractivity contribution in [2.24, 2.45) is 4.99 Å². The molecule has 154 valence electrons. The highest BCUT2D eigenvalue weighted by Crippen LogP contribution is 2.11. The van der Waals surface area contributed by atoms with Crippen LogP contribution in [0.5, 0.6) is 5.75 Å². The molecule has 0 bridgehead atoms. The van der Waals surface area contributed by atoms with Crippen molar-refractivity contribution >= 4 is 17.3 Å². The molecule has 2 aromatic heterocycles. The van der Waals surface area contributed by atoms with E-state index in [1.807, 2.05) is 12.1 Å². The highest BCUT2D eigenvalue weighted by Gasteiger charge is 2.04. The third-order valence-electron chi connectivity index (χ3n) is 4.50. The Morgan fingerprint density at radius 1 is 1.17 bits per heavy atom. The van der Waals surface area contributed by atoms with Gasteiger partial charge in [0.05, 0.1) is 13.7 Å². The number of rotatable bonds is 10. The Morgan fingerprint density at radius 2 is 2.00 bits per heavy atom. The minimum Gasteiger partial charge on any atom is -0.497 e. The lowest BCUT2D eigenvalue weighted by molar-refractivity contribution is 0.414. The molecule has 8 heteroatoms. The first-order valence-corrected chi connectivity index (χ1v) is 10.7. The Hall–Kier alpha value is -2.87. The first-order chi connectivity index (χ1) is 14.3. The summed E-state index contributed by atoms with van der Waals surface area (Å²) in [6.45, 7) is 5.11. The SMILES string of the molecule is CCc1nncn1CCNC(=NCc1cccs1)NCCc1ccc(OC)cc1. The largest absolute Gasteiger partial charge is 0.497 e. The van der Waals surface area contributed by atoms with Crippen molar-refractivity contribution in [3.63, 3.8) is 0 Å². The molecule has 3 aromatic rings. The van der Waals surface area contributed by atoms with Gasteiger partial charge in [-0.25, -0.2) is 4.99 Å². The van der Waals surface area contributed by atoms with Gasteiger partial charge in [-0.3, -0.25) is 0 Å². The number of hydrogen-bond donors (Lipinski definition) is 2. The number of aliphatic imine (C=N–C) groups is 1. The van der Waals surface area contributed by atoms with Crippen molar-refractivity contribution in [2.45, 2.75) is 32.9 Å². The summed E-state index contributed by atoms with van der Waals surface area (Å²) in [5.74, 6) is 2.69. The number of methoxy groups -OCH3 is 1. The van der Waals surface area contributed by atoms with Gasteiger partial charge in [0.2, 0.25) is 0 Å². The Bertz CT molecular complexity index is 873. The monoisotopic (exact) mass is 412 g/mol. The number of ether oxygens (including phenoxy) is 1. The topological polar surface area (TPSA) is 76.4 Å². The number of nitrogens with one attached hydrogen (secondary N) is 2. The van der Waals surface area contributed by atoms with E-state index < -0.39 is 0 Å². The molecule has 2 heterocycles. The predicted molar refractivity (Wildman–Crippen MR) is 118 cm³/mol. The molecule has 7 nitrogen and oxygen atoms in total. The van der Waals surface area contributed by atoms with Gasteiger partial charge in [0.15, 0.2) is 5.96 Å². The average molecular weight is 413 g/mol. The summed E-state index contributed by atoms with van der Waals surface area (Å²) < 4.78 is 7.29. The molecule has 1 aromatic carbocycles. The summed E-state index contributed by atoms with van der Waals surface area (Å²) in [5, 5.41) is 17.1. The van der Waals surface area contributed by atoms with Crippen LogP contribution in [0.2, 0.25) is 0 Å². The van der Waals surface area contributed by atoms with Crippen LogP contribution in [0.15, 0.2) is 53.1 Å². The Morgan fingerprint density at radius 3 is 2.72 bits per heavy atom. The van der Waals surface area contributed by atoms with Crippen molar-refractivity contribution in [2.75, 3.05) is 20.2 Å². The molecule has 0 radical (unpaired) electrons. The zero-order chi connectivity index (χ0) is 20.3. The molecule has 3 rings (SSSR count). The molecule has 0 saturated heterocycles. The number of hydrogen-bond acceptors (Lipinski definition) is 5. The number of aromatic nitrogens is 3. The molecule has 29 heavy (non-hydrogen) atoms. The maximum absolute atomic E-state index is 5.22. The fourth-order valence-electron chi connectivity index (χ4n) is 2.89. The van der Waals surface area contributed by atoms with Crippen molar-refractivity contribution < 1.29 is 4.74 Å². The van der Waals surface area contributed by atoms with E-state index in [2.05, 4.69) is 62.0 Å². The van der Waals surface area contributed by atoms with Gasteiger partial charge < -0.3 is 19.9 Å². The van der Waals surface area contributed by atoms with Crippen LogP contribution < -0.4 is 15.4 Å². The van der Waals surface area contributed by atoms with Gasteiger partial charge in [-0.2, -0.15) is 0 Å². The number of thiophene rings is 1.